The predicted octanol–water partition coefficient (Wildman–Crippen LogP) is 4.22. The molecule has 0 aliphatic carbocycles. The third kappa shape index (κ3) is 6.86. The average molecular weight is 452 g/mol. The van der Waals surface area contributed by atoms with Gasteiger partial charge in [-0.2, -0.15) is 0 Å². The molecule has 0 bridgehead atoms. The van der Waals surface area contributed by atoms with Crippen molar-refractivity contribution in [2.45, 2.75) is 13.0 Å². The number of para-hydroxylation sites is 1. The summed E-state index contributed by atoms with van der Waals surface area (Å²) in [5, 5.41) is 10.4. The normalized spacial score (nSPS) is 11.2. The van der Waals surface area contributed by atoms with Crippen molar-refractivity contribution in [3.8, 4) is 0 Å². The lowest BCUT2D eigenvalue weighted by Gasteiger charge is -2.15. The van der Waals surface area contributed by atoms with Crippen LogP contribution < -0.4 is 21.3 Å². The highest BCUT2D eigenvalue weighted by Crippen LogP contribution is 2.16. The number of nitrogens with one attached hydrogen (secondary N) is 4. The van der Waals surface area contributed by atoms with Crippen LogP contribution in [0.5, 0.6) is 0 Å². The van der Waals surface area contributed by atoms with Crippen molar-refractivity contribution in [3.05, 3.63) is 95.6 Å². The molecule has 3 aromatic rings. The number of benzene rings is 3. The van der Waals surface area contributed by atoms with Crippen LogP contribution in [0.15, 0.2) is 72.8 Å². The maximum Gasteiger partial charge on any atom is 0.323 e. The van der Waals surface area contributed by atoms with Gasteiger partial charge in [0.15, 0.2) is 0 Å². The highest BCUT2D eigenvalue weighted by Gasteiger charge is 2.15. The van der Waals surface area contributed by atoms with Gasteiger partial charge >= 0.3 is 6.03 Å². The molecule has 1 atom stereocenters. The van der Waals surface area contributed by atoms with Gasteiger partial charge in [-0.15, -0.1) is 0 Å². The minimum atomic E-state index is -1.01. The van der Waals surface area contributed by atoms with E-state index >= 15 is 0 Å². The van der Waals surface area contributed by atoms with Crippen LogP contribution in [0.3, 0.4) is 0 Å². The van der Waals surface area contributed by atoms with Crippen LogP contribution in [0, 0.1) is 11.6 Å². The number of hydrogen-bond donors (Lipinski definition) is 4. The van der Waals surface area contributed by atoms with E-state index in [1.165, 1.54) is 0 Å². The molecule has 3 aromatic carbocycles. The lowest BCUT2D eigenvalue weighted by atomic mass is 10.1. The quantitative estimate of drug-likeness (QED) is 0.432. The van der Waals surface area contributed by atoms with Crippen LogP contribution in [0.1, 0.15) is 28.9 Å². The number of halogens is 2. The standard InChI is InChI=1S/C24H22F2N4O3/c1-15(28-22(31)14-27-23(32)20-12-9-17(25)13-21(20)26)16-7-10-19(11-8-16)30-24(33)29-18-5-3-2-4-6-18/h2-13,15H,14H2,1H3,(H,27,32)(H,28,31)(H2,29,30,33). The van der Waals surface area contributed by atoms with Gasteiger partial charge in [-0.1, -0.05) is 30.3 Å². The lowest BCUT2D eigenvalue weighted by Crippen LogP contribution is -2.38. The molecule has 4 N–H and O–H groups in total. The molecular weight excluding hydrogens is 430 g/mol. The molecule has 33 heavy (non-hydrogen) atoms. The second-order valence-corrected chi connectivity index (χ2v) is 7.16. The zero-order valence-electron chi connectivity index (χ0n) is 17.7. The first kappa shape index (κ1) is 23.4. The second kappa shape index (κ2) is 10.9. The van der Waals surface area contributed by atoms with E-state index in [4.69, 9.17) is 0 Å². The summed E-state index contributed by atoms with van der Waals surface area (Å²) >= 11 is 0. The molecule has 0 spiro atoms. The fraction of sp³-hybridized carbons (Fsp3) is 0.125. The van der Waals surface area contributed by atoms with Crippen LogP contribution in [-0.4, -0.2) is 24.4 Å². The molecule has 3 rings (SSSR count). The third-order valence-corrected chi connectivity index (χ3v) is 4.66. The van der Waals surface area contributed by atoms with Crippen molar-refractivity contribution < 1.29 is 23.2 Å². The van der Waals surface area contributed by atoms with Crippen molar-refractivity contribution >= 4 is 29.2 Å². The van der Waals surface area contributed by atoms with E-state index in [-0.39, 0.29) is 24.2 Å². The summed E-state index contributed by atoms with van der Waals surface area (Å²) in [6, 6.07) is 17.7. The fourth-order valence-corrected chi connectivity index (χ4v) is 2.98. The monoisotopic (exact) mass is 452 g/mol. The van der Waals surface area contributed by atoms with Crippen molar-refractivity contribution in [2.75, 3.05) is 17.2 Å². The molecule has 0 saturated heterocycles. The van der Waals surface area contributed by atoms with Crippen molar-refractivity contribution in [2.24, 2.45) is 0 Å². The molecule has 7 nitrogen and oxygen atoms in total. The molecular formula is C24H22F2N4O3. The number of rotatable bonds is 7. The molecule has 0 saturated carbocycles. The number of anilines is 2. The van der Waals surface area contributed by atoms with Crippen LogP contribution >= 0.6 is 0 Å². The minimum Gasteiger partial charge on any atom is -0.348 e. The van der Waals surface area contributed by atoms with Gasteiger partial charge in [0.1, 0.15) is 11.6 Å². The lowest BCUT2D eigenvalue weighted by molar-refractivity contribution is -0.120. The molecule has 0 radical (unpaired) electrons. The van der Waals surface area contributed by atoms with Gasteiger partial charge < -0.3 is 21.3 Å². The van der Waals surface area contributed by atoms with Gasteiger partial charge in [0.25, 0.3) is 5.91 Å². The third-order valence-electron chi connectivity index (χ3n) is 4.66. The van der Waals surface area contributed by atoms with Gasteiger partial charge in [-0.25, -0.2) is 13.6 Å². The molecule has 0 aromatic heterocycles. The molecule has 0 aliphatic heterocycles. The van der Waals surface area contributed by atoms with Crippen LogP contribution in [0.25, 0.3) is 0 Å². The number of hydrogen-bond acceptors (Lipinski definition) is 3. The van der Waals surface area contributed by atoms with E-state index in [2.05, 4.69) is 21.3 Å². The first-order valence-corrected chi connectivity index (χ1v) is 10.1. The van der Waals surface area contributed by atoms with E-state index in [1.807, 2.05) is 18.2 Å². The van der Waals surface area contributed by atoms with E-state index in [9.17, 15) is 23.2 Å². The van der Waals surface area contributed by atoms with E-state index < -0.39 is 23.4 Å². The average Bonchev–Trinajstić information content (AvgIpc) is 2.78. The van der Waals surface area contributed by atoms with Gasteiger partial charge in [0.05, 0.1) is 18.2 Å². The summed E-state index contributed by atoms with van der Waals surface area (Å²) in [7, 11) is 0. The van der Waals surface area contributed by atoms with E-state index in [0.717, 1.165) is 17.7 Å². The SMILES string of the molecule is CC(NC(=O)CNC(=O)c1ccc(F)cc1F)c1ccc(NC(=O)Nc2ccccc2)cc1. The Morgan fingerprint density at radius 3 is 2.12 bits per heavy atom. The minimum absolute atomic E-state index is 0.350. The smallest absolute Gasteiger partial charge is 0.323 e. The summed E-state index contributed by atoms with van der Waals surface area (Å²) in [6.45, 7) is 1.38. The molecule has 1 unspecified atom stereocenters. The van der Waals surface area contributed by atoms with Crippen LogP contribution in [0.4, 0.5) is 25.0 Å². The van der Waals surface area contributed by atoms with Gasteiger partial charge in [-0.05, 0) is 48.9 Å². The summed E-state index contributed by atoms with van der Waals surface area (Å²) < 4.78 is 26.6. The zero-order valence-corrected chi connectivity index (χ0v) is 17.7. The second-order valence-electron chi connectivity index (χ2n) is 7.16. The van der Waals surface area contributed by atoms with Crippen molar-refractivity contribution in [1.29, 1.82) is 0 Å². The number of amides is 4. The highest BCUT2D eigenvalue weighted by atomic mass is 19.1. The highest BCUT2D eigenvalue weighted by molar-refractivity contribution is 5.99. The van der Waals surface area contributed by atoms with Crippen LogP contribution in [-0.2, 0) is 4.79 Å². The van der Waals surface area contributed by atoms with Crippen molar-refractivity contribution in [1.82, 2.24) is 10.6 Å². The van der Waals surface area contributed by atoms with Gasteiger partial charge in [0, 0.05) is 17.4 Å². The molecule has 9 heteroatoms. The Kier molecular flexibility index (Phi) is 7.69. The Morgan fingerprint density at radius 2 is 1.48 bits per heavy atom. The Bertz CT molecular complexity index is 1140. The molecule has 0 heterocycles. The summed E-state index contributed by atoms with van der Waals surface area (Å²) in [6.07, 6.45) is 0. The largest absolute Gasteiger partial charge is 0.348 e. The van der Waals surface area contributed by atoms with Gasteiger partial charge in [-0.3, -0.25) is 9.59 Å². The number of carbonyl (C=O) groups is 3. The topological polar surface area (TPSA) is 99.3 Å². The van der Waals surface area contributed by atoms with E-state index in [1.54, 1.807) is 43.3 Å². The fourth-order valence-electron chi connectivity index (χ4n) is 2.98. The first-order valence-electron chi connectivity index (χ1n) is 10.1. The molecule has 0 aliphatic rings. The summed E-state index contributed by atoms with van der Waals surface area (Å²) in [4.78, 5) is 36.2. The van der Waals surface area contributed by atoms with Crippen molar-refractivity contribution in [3.63, 3.8) is 0 Å². The molecule has 170 valence electrons. The number of urea groups is 1. The van der Waals surface area contributed by atoms with Crippen LogP contribution in [0.2, 0.25) is 0 Å². The predicted molar refractivity (Wildman–Crippen MR) is 121 cm³/mol. The maximum absolute atomic E-state index is 13.6. The Morgan fingerprint density at radius 1 is 0.848 bits per heavy atom. The first-order chi connectivity index (χ1) is 15.8. The maximum atomic E-state index is 13.6. The summed E-state index contributed by atoms with van der Waals surface area (Å²) in [5.74, 6) is -3.11. The Labute approximate surface area is 189 Å². The zero-order chi connectivity index (χ0) is 23.8. The number of carbonyl (C=O) groups excluding carboxylic acids is 3. The van der Waals surface area contributed by atoms with Gasteiger partial charge in [0.2, 0.25) is 5.91 Å². The summed E-state index contributed by atoms with van der Waals surface area (Å²) in [5.41, 5.74) is 1.65. The molecule has 4 amide bonds. The Balaban J connectivity index is 1.47. The molecule has 0 fully saturated rings. The van der Waals surface area contributed by atoms with E-state index in [0.29, 0.717) is 17.4 Å². The Hall–Kier alpha value is -4.27.